The number of rotatable bonds is 4. The summed E-state index contributed by atoms with van der Waals surface area (Å²) in [5.74, 6) is 1.10. The summed E-state index contributed by atoms with van der Waals surface area (Å²) >= 11 is 0. The highest BCUT2D eigenvalue weighted by Crippen LogP contribution is 2.28. The molecule has 26 heavy (non-hydrogen) atoms. The highest BCUT2D eigenvalue weighted by atomic mass is 16.5. The Labute approximate surface area is 152 Å². The average molecular weight is 354 g/mol. The molecule has 1 aliphatic heterocycles. The standard InChI is InChI=1S/C19H22N4O3/c1-14(24)22-10-12-23(13-11-22)19(25)15-6-5-9-20-18(15)21-16-7-3-4-8-17(16)26-2/h3-9H,10-13H2,1-2H3,(H,20,21). The van der Waals surface area contributed by atoms with E-state index < -0.39 is 0 Å². The molecule has 7 heteroatoms. The summed E-state index contributed by atoms with van der Waals surface area (Å²) in [4.78, 5) is 32.2. The molecule has 0 aliphatic carbocycles. The van der Waals surface area contributed by atoms with Crippen molar-refractivity contribution in [3.63, 3.8) is 0 Å². The van der Waals surface area contributed by atoms with Gasteiger partial charge in [-0.1, -0.05) is 12.1 Å². The van der Waals surface area contributed by atoms with Crippen LogP contribution in [0.4, 0.5) is 11.5 Å². The van der Waals surface area contributed by atoms with Crippen molar-refractivity contribution in [1.82, 2.24) is 14.8 Å². The normalized spacial score (nSPS) is 14.1. The predicted molar refractivity (Wildman–Crippen MR) is 98.7 cm³/mol. The van der Waals surface area contributed by atoms with E-state index in [-0.39, 0.29) is 11.8 Å². The first-order valence-electron chi connectivity index (χ1n) is 8.50. The lowest BCUT2D eigenvalue weighted by atomic mass is 10.2. The van der Waals surface area contributed by atoms with Crippen molar-refractivity contribution in [2.75, 3.05) is 38.6 Å². The molecule has 0 bridgehead atoms. The van der Waals surface area contributed by atoms with Crippen LogP contribution in [-0.4, -0.2) is 59.9 Å². The fourth-order valence-electron chi connectivity index (χ4n) is 2.95. The minimum Gasteiger partial charge on any atom is -0.495 e. The van der Waals surface area contributed by atoms with Gasteiger partial charge in [0, 0.05) is 39.3 Å². The molecule has 1 aliphatic rings. The number of para-hydroxylation sites is 2. The van der Waals surface area contributed by atoms with Gasteiger partial charge in [-0.15, -0.1) is 0 Å². The Bertz CT molecular complexity index is 801. The molecule has 0 saturated carbocycles. The number of anilines is 2. The smallest absolute Gasteiger partial charge is 0.257 e. The van der Waals surface area contributed by atoms with E-state index in [0.717, 1.165) is 5.69 Å². The molecule has 0 radical (unpaired) electrons. The number of carbonyl (C=O) groups excluding carboxylic acids is 2. The van der Waals surface area contributed by atoms with Gasteiger partial charge in [-0.2, -0.15) is 0 Å². The number of carbonyl (C=O) groups is 2. The molecule has 0 atom stereocenters. The third kappa shape index (κ3) is 3.77. The average Bonchev–Trinajstić information content (AvgIpc) is 2.68. The number of ether oxygens (including phenoxy) is 1. The number of amides is 2. The summed E-state index contributed by atoms with van der Waals surface area (Å²) < 4.78 is 5.35. The summed E-state index contributed by atoms with van der Waals surface area (Å²) in [7, 11) is 1.60. The van der Waals surface area contributed by atoms with Gasteiger partial charge in [-0.3, -0.25) is 9.59 Å². The van der Waals surface area contributed by atoms with E-state index in [1.165, 1.54) is 0 Å². The molecule has 0 spiro atoms. The Morgan fingerprint density at radius 3 is 2.42 bits per heavy atom. The van der Waals surface area contributed by atoms with Crippen LogP contribution in [0.3, 0.4) is 0 Å². The van der Waals surface area contributed by atoms with Crippen LogP contribution >= 0.6 is 0 Å². The molecule has 1 N–H and O–H groups in total. The molecule has 2 amide bonds. The van der Waals surface area contributed by atoms with Gasteiger partial charge in [0.1, 0.15) is 11.6 Å². The van der Waals surface area contributed by atoms with Gasteiger partial charge in [0.05, 0.1) is 18.4 Å². The Hall–Kier alpha value is -3.09. The van der Waals surface area contributed by atoms with Crippen LogP contribution in [0.5, 0.6) is 5.75 Å². The summed E-state index contributed by atoms with van der Waals surface area (Å²) in [5.41, 5.74) is 1.24. The number of hydrogen-bond acceptors (Lipinski definition) is 5. The van der Waals surface area contributed by atoms with E-state index in [4.69, 9.17) is 4.74 Å². The van der Waals surface area contributed by atoms with Crippen molar-refractivity contribution in [1.29, 1.82) is 0 Å². The van der Waals surface area contributed by atoms with Crippen LogP contribution in [0.2, 0.25) is 0 Å². The number of benzene rings is 1. The van der Waals surface area contributed by atoms with Gasteiger partial charge < -0.3 is 19.9 Å². The van der Waals surface area contributed by atoms with Crippen LogP contribution < -0.4 is 10.1 Å². The van der Waals surface area contributed by atoms with Crippen molar-refractivity contribution < 1.29 is 14.3 Å². The Morgan fingerprint density at radius 2 is 1.73 bits per heavy atom. The number of nitrogens with one attached hydrogen (secondary N) is 1. The molecular formula is C19H22N4O3. The highest BCUT2D eigenvalue weighted by Gasteiger charge is 2.25. The van der Waals surface area contributed by atoms with Crippen molar-refractivity contribution >= 4 is 23.3 Å². The second-order valence-corrected chi connectivity index (χ2v) is 6.02. The maximum Gasteiger partial charge on any atom is 0.257 e. The van der Waals surface area contributed by atoms with Crippen LogP contribution in [0.1, 0.15) is 17.3 Å². The van der Waals surface area contributed by atoms with E-state index in [1.54, 1.807) is 42.2 Å². The molecule has 1 aromatic heterocycles. The maximum absolute atomic E-state index is 13.0. The molecule has 7 nitrogen and oxygen atoms in total. The second-order valence-electron chi connectivity index (χ2n) is 6.02. The SMILES string of the molecule is COc1ccccc1Nc1ncccc1C(=O)N1CCN(C(C)=O)CC1. The molecule has 1 fully saturated rings. The first-order valence-corrected chi connectivity index (χ1v) is 8.50. The Morgan fingerprint density at radius 1 is 1.04 bits per heavy atom. The summed E-state index contributed by atoms with van der Waals surface area (Å²) in [6.07, 6.45) is 1.64. The zero-order chi connectivity index (χ0) is 18.5. The van der Waals surface area contributed by atoms with Gasteiger partial charge >= 0.3 is 0 Å². The number of nitrogens with zero attached hydrogens (tertiary/aromatic N) is 3. The van der Waals surface area contributed by atoms with E-state index in [1.807, 2.05) is 24.3 Å². The molecule has 3 rings (SSSR count). The third-order valence-electron chi connectivity index (χ3n) is 4.41. The van der Waals surface area contributed by atoms with Crippen LogP contribution in [0.25, 0.3) is 0 Å². The topological polar surface area (TPSA) is 74.8 Å². The third-order valence-corrected chi connectivity index (χ3v) is 4.41. The molecule has 136 valence electrons. The monoisotopic (exact) mass is 354 g/mol. The first kappa shape index (κ1) is 17.7. The fraction of sp³-hybridized carbons (Fsp3) is 0.316. The van der Waals surface area contributed by atoms with Gasteiger partial charge in [0.15, 0.2) is 0 Å². The number of pyridine rings is 1. The lowest BCUT2D eigenvalue weighted by molar-refractivity contribution is -0.130. The number of piperazine rings is 1. The van der Waals surface area contributed by atoms with Gasteiger partial charge in [-0.25, -0.2) is 4.98 Å². The first-order chi connectivity index (χ1) is 12.6. The minimum atomic E-state index is -0.0984. The lowest BCUT2D eigenvalue weighted by Crippen LogP contribution is -2.50. The van der Waals surface area contributed by atoms with Crippen molar-refractivity contribution in [3.8, 4) is 5.75 Å². The second kappa shape index (κ2) is 7.86. The minimum absolute atomic E-state index is 0.0389. The molecule has 1 aromatic carbocycles. The summed E-state index contributed by atoms with van der Waals surface area (Å²) in [5, 5.41) is 3.19. The van der Waals surface area contributed by atoms with E-state index in [9.17, 15) is 9.59 Å². The zero-order valence-corrected chi connectivity index (χ0v) is 14.9. The summed E-state index contributed by atoms with van der Waals surface area (Å²) in [6.45, 7) is 3.68. The van der Waals surface area contributed by atoms with Gasteiger partial charge in [0.25, 0.3) is 5.91 Å². The van der Waals surface area contributed by atoms with E-state index in [0.29, 0.717) is 43.3 Å². The van der Waals surface area contributed by atoms with Crippen LogP contribution in [0, 0.1) is 0 Å². The van der Waals surface area contributed by atoms with Gasteiger partial charge in [-0.05, 0) is 24.3 Å². The molecular weight excluding hydrogens is 332 g/mol. The largest absolute Gasteiger partial charge is 0.495 e. The van der Waals surface area contributed by atoms with Crippen molar-refractivity contribution in [2.24, 2.45) is 0 Å². The fourth-order valence-corrected chi connectivity index (χ4v) is 2.95. The van der Waals surface area contributed by atoms with Crippen LogP contribution in [-0.2, 0) is 4.79 Å². The zero-order valence-electron chi connectivity index (χ0n) is 14.9. The van der Waals surface area contributed by atoms with E-state index >= 15 is 0 Å². The highest BCUT2D eigenvalue weighted by molar-refractivity contribution is 5.99. The quantitative estimate of drug-likeness (QED) is 0.910. The maximum atomic E-state index is 13.0. The lowest BCUT2D eigenvalue weighted by Gasteiger charge is -2.34. The Kier molecular flexibility index (Phi) is 5.36. The number of aromatic nitrogens is 1. The van der Waals surface area contributed by atoms with Crippen molar-refractivity contribution in [3.05, 3.63) is 48.2 Å². The van der Waals surface area contributed by atoms with Crippen molar-refractivity contribution in [2.45, 2.75) is 6.92 Å². The molecule has 2 heterocycles. The van der Waals surface area contributed by atoms with E-state index in [2.05, 4.69) is 10.3 Å². The molecule has 0 unspecified atom stereocenters. The number of hydrogen-bond donors (Lipinski definition) is 1. The Balaban J connectivity index is 1.79. The van der Waals surface area contributed by atoms with Gasteiger partial charge in [0.2, 0.25) is 5.91 Å². The number of methoxy groups -OCH3 is 1. The predicted octanol–water partition coefficient (Wildman–Crippen LogP) is 2.14. The molecule has 1 saturated heterocycles. The summed E-state index contributed by atoms with van der Waals surface area (Å²) in [6, 6.07) is 11.0. The van der Waals surface area contributed by atoms with Crippen LogP contribution in [0.15, 0.2) is 42.6 Å². The molecule has 2 aromatic rings.